The Morgan fingerprint density at radius 1 is 1.22 bits per heavy atom. The van der Waals surface area contributed by atoms with Crippen LogP contribution in [0.5, 0.6) is 11.5 Å². The van der Waals surface area contributed by atoms with Crippen molar-refractivity contribution in [3.8, 4) is 22.9 Å². The van der Waals surface area contributed by atoms with Gasteiger partial charge in [0.2, 0.25) is 5.82 Å². The molecule has 0 bridgehead atoms. The van der Waals surface area contributed by atoms with E-state index in [0.29, 0.717) is 30.5 Å². The Morgan fingerprint density at radius 2 is 2.06 bits per heavy atom. The summed E-state index contributed by atoms with van der Waals surface area (Å²) >= 11 is 0. The molecule has 18 heavy (non-hydrogen) atoms. The van der Waals surface area contributed by atoms with Gasteiger partial charge in [-0.05, 0) is 37.3 Å². The van der Waals surface area contributed by atoms with Gasteiger partial charge in [-0.1, -0.05) is 0 Å². The van der Waals surface area contributed by atoms with Crippen LogP contribution in [-0.4, -0.2) is 33.9 Å². The lowest BCUT2D eigenvalue weighted by Gasteiger charge is -2.09. The number of aryl methyl sites for hydroxylation is 1. The SMILES string of the molecule is CCOc1cc(-c2nnn(CC)n2)ccc1OC. The summed E-state index contributed by atoms with van der Waals surface area (Å²) in [7, 11) is 1.61. The fourth-order valence-corrected chi connectivity index (χ4v) is 1.58. The first-order valence-corrected chi connectivity index (χ1v) is 5.87. The minimum atomic E-state index is 0.578. The lowest BCUT2D eigenvalue weighted by Crippen LogP contribution is -1.98. The van der Waals surface area contributed by atoms with Crippen LogP contribution < -0.4 is 9.47 Å². The first kappa shape index (κ1) is 12.3. The third kappa shape index (κ3) is 2.42. The highest BCUT2D eigenvalue weighted by Crippen LogP contribution is 2.31. The summed E-state index contributed by atoms with van der Waals surface area (Å²) in [6.45, 7) is 5.17. The summed E-state index contributed by atoms with van der Waals surface area (Å²) in [5.41, 5.74) is 0.860. The Labute approximate surface area is 106 Å². The van der Waals surface area contributed by atoms with Gasteiger partial charge < -0.3 is 9.47 Å². The highest BCUT2D eigenvalue weighted by atomic mass is 16.5. The van der Waals surface area contributed by atoms with Gasteiger partial charge in [-0.25, -0.2) is 0 Å². The van der Waals surface area contributed by atoms with Gasteiger partial charge in [0.15, 0.2) is 11.5 Å². The van der Waals surface area contributed by atoms with Gasteiger partial charge in [0, 0.05) is 5.56 Å². The average Bonchev–Trinajstić information content (AvgIpc) is 2.88. The van der Waals surface area contributed by atoms with Gasteiger partial charge in [-0.15, -0.1) is 10.2 Å². The van der Waals surface area contributed by atoms with Crippen LogP contribution in [0.15, 0.2) is 18.2 Å². The molecule has 6 nitrogen and oxygen atoms in total. The molecule has 0 amide bonds. The molecule has 0 saturated carbocycles. The molecule has 1 aromatic carbocycles. The average molecular weight is 248 g/mol. The van der Waals surface area contributed by atoms with Crippen LogP contribution in [0.2, 0.25) is 0 Å². The third-order valence-electron chi connectivity index (χ3n) is 2.46. The van der Waals surface area contributed by atoms with E-state index < -0.39 is 0 Å². The van der Waals surface area contributed by atoms with Crippen molar-refractivity contribution in [2.75, 3.05) is 13.7 Å². The van der Waals surface area contributed by atoms with Gasteiger partial charge in [0.25, 0.3) is 0 Å². The highest BCUT2D eigenvalue weighted by molar-refractivity contribution is 5.60. The molecule has 2 aromatic rings. The summed E-state index contributed by atoms with van der Waals surface area (Å²) in [6, 6.07) is 5.59. The van der Waals surface area contributed by atoms with Crippen molar-refractivity contribution in [3.05, 3.63) is 18.2 Å². The number of ether oxygens (including phenoxy) is 2. The topological polar surface area (TPSA) is 62.1 Å². The monoisotopic (exact) mass is 248 g/mol. The van der Waals surface area contributed by atoms with Crippen LogP contribution in [0.25, 0.3) is 11.4 Å². The zero-order chi connectivity index (χ0) is 13.0. The number of hydrogen-bond donors (Lipinski definition) is 0. The number of rotatable bonds is 5. The standard InChI is InChI=1S/C12H16N4O2/c1-4-16-14-12(13-15-16)9-6-7-10(17-3)11(8-9)18-5-2/h6-8H,4-5H2,1-3H3. The summed E-state index contributed by atoms with van der Waals surface area (Å²) < 4.78 is 10.7. The molecular formula is C12H16N4O2. The van der Waals surface area contributed by atoms with E-state index in [-0.39, 0.29) is 0 Å². The Morgan fingerprint density at radius 3 is 2.67 bits per heavy atom. The fraction of sp³-hybridized carbons (Fsp3) is 0.417. The number of aromatic nitrogens is 4. The van der Waals surface area contributed by atoms with E-state index in [1.807, 2.05) is 32.0 Å². The second kappa shape index (κ2) is 5.48. The van der Waals surface area contributed by atoms with E-state index in [2.05, 4.69) is 15.4 Å². The molecular weight excluding hydrogens is 232 g/mol. The Hall–Kier alpha value is -2.11. The van der Waals surface area contributed by atoms with Crippen molar-refractivity contribution >= 4 is 0 Å². The predicted molar refractivity (Wildman–Crippen MR) is 66.6 cm³/mol. The number of nitrogens with zero attached hydrogens (tertiary/aromatic N) is 4. The van der Waals surface area contributed by atoms with Gasteiger partial charge in [-0.2, -0.15) is 4.80 Å². The smallest absolute Gasteiger partial charge is 0.205 e. The van der Waals surface area contributed by atoms with Crippen LogP contribution in [0, 0.1) is 0 Å². The van der Waals surface area contributed by atoms with Crippen LogP contribution >= 0.6 is 0 Å². The van der Waals surface area contributed by atoms with Crippen molar-refractivity contribution in [2.24, 2.45) is 0 Å². The molecule has 2 rings (SSSR count). The van der Waals surface area contributed by atoms with Crippen molar-refractivity contribution in [3.63, 3.8) is 0 Å². The number of methoxy groups -OCH3 is 1. The number of tetrazole rings is 1. The maximum absolute atomic E-state index is 5.52. The summed E-state index contributed by atoms with van der Waals surface area (Å²) in [6.07, 6.45) is 0. The predicted octanol–water partition coefficient (Wildman–Crippen LogP) is 1.77. The van der Waals surface area contributed by atoms with Gasteiger partial charge >= 0.3 is 0 Å². The van der Waals surface area contributed by atoms with Crippen molar-refractivity contribution < 1.29 is 9.47 Å². The molecule has 0 aliphatic heterocycles. The molecule has 0 unspecified atom stereocenters. The molecule has 0 aliphatic carbocycles. The Balaban J connectivity index is 2.36. The van der Waals surface area contributed by atoms with E-state index in [4.69, 9.17) is 9.47 Å². The lowest BCUT2D eigenvalue weighted by molar-refractivity contribution is 0.311. The maximum Gasteiger partial charge on any atom is 0.205 e. The maximum atomic E-state index is 5.52. The number of benzene rings is 1. The first-order valence-electron chi connectivity index (χ1n) is 5.87. The van der Waals surface area contributed by atoms with Crippen LogP contribution in [0.3, 0.4) is 0 Å². The molecule has 0 atom stereocenters. The van der Waals surface area contributed by atoms with E-state index in [0.717, 1.165) is 5.56 Å². The van der Waals surface area contributed by atoms with E-state index >= 15 is 0 Å². The zero-order valence-electron chi connectivity index (χ0n) is 10.8. The zero-order valence-corrected chi connectivity index (χ0v) is 10.8. The van der Waals surface area contributed by atoms with E-state index in [1.165, 1.54) is 0 Å². The molecule has 0 radical (unpaired) electrons. The fourth-order valence-electron chi connectivity index (χ4n) is 1.58. The van der Waals surface area contributed by atoms with Crippen molar-refractivity contribution in [2.45, 2.75) is 20.4 Å². The largest absolute Gasteiger partial charge is 0.493 e. The molecule has 0 aliphatic rings. The molecule has 0 saturated heterocycles. The molecule has 0 spiro atoms. The van der Waals surface area contributed by atoms with Gasteiger partial charge in [0.1, 0.15) is 0 Å². The molecule has 6 heteroatoms. The summed E-state index contributed by atoms with van der Waals surface area (Å²) in [5.74, 6) is 1.97. The first-order chi connectivity index (χ1) is 8.78. The molecule has 1 heterocycles. The quantitative estimate of drug-likeness (QED) is 0.807. The number of hydrogen-bond acceptors (Lipinski definition) is 5. The molecule has 96 valence electrons. The molecule has 0 N–H and O–H groups in total. The Bertz CT molecular complexity index is 525. The summed E-state index contributed by atoms with van der Waals surface area (Å²) in [4.78, 5) is 1.54. The lowest BCUT2D eigenvalue weighted by atomic mass is 10.2. The Kier molecular flexibility index (Phi) is 3.76. The normalized spacial score (nSPS) is 10.4. The minimum Gasteiger partial charge on any atom is -0.493 e. The van der Waals surface area contributed by atoms with Gasteiger partial charge in [-0.3, -0.25) is 0 Å². The molecule has 0 fully saturated rings. The van der Waals surface area contributed by atoms with Gasteiger partial charge in [0.05, 0.1) is 20.3 Å². The van der Waals surface area contributed by atoms with Crippen LogP contribution in [-0.2, 0) is 6.54 Å². The second-order valence-electron chi connectivity index (χ2n) is 3.60. The second-order valence-corrected chi connectivity index (χ2v) is 3.60. The molecule has 1 aromatic heterocycles. The third-order valence-corrected chi connectivity index (χ3v) is 2.46. The van der Waals surface area contributed by atoms with Crippen LogP contribution in [0.1, 0.15) is 13.8 Å². The van der Waals surface area contributed by atoms with E-state index in [9.17, 15) is 0 Å². The summed E-state index contributed by atoms with van der Waals surface area (Å²) in [5, 5.41) is 12.2. The van der Waals surface area contributed by atoms with Crippen molar-refractivity contribution in [1.29, 1.82) is 0 Å². The minimum absolute atomic E-state index is 0.578. The van der Waals surface area contributed by atoms with Crippen molar-refractivity contribution in [1.82, 2.24) is 20.2 Å². The van der Waals surface area contributed by atoms with Crippen LogP contribution in [0.4, 0.5) is 0 Å². The van der Waals surface area contributed by atoms with E-state index in [1.54, 1.807) is 11.9 Å². The highest BCUT2D eigenvalue weighted by Gasteiger charge is 2.10.